The highest BCUT2D eigenvalue weighted by Crippen LogP contribution is 2.23. The minimum absolute atomic E-state index is 0.198. The summed E-state index contributed by atoms with van der Waals surface area (Å²) in [6, 6.07) is 8.85. The topological polar surface area (TPSA) is 96.9 Å². The lowest BCUT2D eigenvalue weighted by atomic mass is 10.2. The van der Waals surface area contributed by atoms with Crippen molar-refractivity contribution < 1.29 is 9.59 Å². The van der Waals surface area contributed by atoms with Crippen LogP contribution in [0.2, 0.25) is 0 Å². The lowest BCUT2D eigenvalue weighted by Crippen LogP contribution is -2.25. The number of pyridine rings is 2. The van der Waals surface area contributed by atoms with Crippen molar-refractivity contribution in [3.8, 4) is 11.3 Å². The second-order valence-corrected chi connectivity index (χ2v) is 8.43. The van der Waals surface area contributed by atoms with Gasteiger partial charge in [-0.25, -0.2) is 4.98 Å². The number of thiophene rings is 1. The third-order valence-corrected chi connectivity index (χ3v) is 6.26. The summed E-state index contributed by atoms with van der Waals surface area (Å²) in [5, 5.41) is 10.6. The van der Waals surface area contributed by atoms with Gasteiger partial charge in [-0.15, -0.1) is 22.7 Å². The molecular formula is C22H19N5O2S2. The van der Waals surface area contributed by atoms with Crippen molar-refractivity contribution in [1.82, 2.24) is 20.3 Å². The van der Waals surface area contributed by atoms with Crippen molar-refractivity contribution >= 4 is 40.2 Å². The molecule has 0 spiro atoms. The maximum absolute atomic E-state index is 12.6. The predicted molar refractivity (Wildman–Crippen MR) is 123 cm³/mol. The molecule has 0 saturated heterocycles. The molecule has 0 aromatic carbocycles. The number of aromatic nitrogens is 3. The molecule has 9 heteroatoms. The monoisotopic (exact) mass is 449 g/mol. The molecule has 156 valence electrons. The van der Waals surface area contributed by atoms with Crippen molar-refractivity contribution in [2.24, 2.45) is 0 Å². The van der Waals surface area contributed by atoms with E-state index in [1.165, 1.54) is 11.3 Å². The fraction of sp³-hybridized carbons (Fsp3) is 0.136. The van der Waals surface area contributed by atoms with E-state index in [4.69, 9.17) is 0 Å². The third-order valence-electron chi connectivity index (χ3n) is 4.44. The van der Waals surface area contributed by atoms with Crippen molar-refractivity contribution in [3.63, 3.8) is 0 Å². The van der Waals surface area contributed by atoms with E-state index in [-0.39, 0.29) is 11.8 Å². The van der Waals surface area contributed by atoms with Gasteiger partial charge in [-0.2, -0.15) is 0 Å². The van der Waals surface area contributed by atoms with Crippen LogP contribution in [-0.2, 0) is 6.42 Å². The largest absolute Gasteiger partial charge is 0.351 e. The van der Waals surface area contributed by atoms with Gasteiger partial charge in [0.05, 0.1) is 16.4 Å². The zero-order chi connectivity index (χ0) is 21.5. The van der Waals surface area contributed by atoms with Crippen molar-refractivity contribution in [3.05, 3.63) is 81.3 Å². The van der Waals surface area contributed by atoms with Gasteiger partial charge in [-0.05, 0) is 42.1 Å². The van der Waals surface area contributed by atoms with E-state index < -0.39 is 0 Å². The van der Waals surface area contributed by atoms with Gasteiger partial charge in [0.15, 0.2) is 0 Å². The van der Waals surface area contributed by atoms with Crippen LogP contribution in [0.15, 0.2) is 65.9 Å². The molecule has 2 N–H and O–H groups in total. The number of carbonyl (C=O) groups excluding carboxylic acids is 2. The molecule has 0 unspecified atom stereocenters. The van der Waals surface area contributed by atoms with E-state index in [2.05, 4.69) is 25.6 Å². The van der Waals surface area contributed by atoms with Gasteiger partial charge in [-0.1, -0.05) is 0 Å². The first-order valence-corrected chi connectivity index (χ1v) is 11.4. The SMILES string of the molecule is O=C(Nc1ccsc1C(=O)NCCCc1nc(-c2ccncc2)cs1)c1ccncc1. The van der Waals surface area contributed by atoms with Crippen LogP contribution in [0.1, 0.15) is 31.5 Å². The molecule has 0 radical (unpaired) electrons. The summed E-state index contributed by atoms with van der Waals surface area (Å²) in [5.41, 5.74) is 2.98. The summed E-state index contributed by atoms with van der Waals surface area (Å²) in [6.07, 6.45) is 8.17. The number of rotatable bonds is 8. The molecule has 2 amide bonds. The number of amides is 2. The maximum atomic E-state index is 12.6. The number of nitrogens with one attached hydrogen (secondary N) is 2. The summed E-state index contributed by atoms with van der Waals surface area (Å²) in [7, 11) is 0. The van der Waals surface area contributed by atoms with Crippen LogP contribution in [0.4, 0.5) is 5.69 Å². The van der Waals surface area contributed by atoms with E-state index in [1.54, 1.807) is 59.7 Å². The normalized spacial score (nSPS) is 10.6. The molecule has 4 rings (SSSR count). The van der Waals surface area contributed by atoms with Crippen molar-refractivity contribution in [2.45, 2.75) is 12.8 Å². The molecule has 4 aromatic rings. The van der Waals surface area contributed by atoms with Crippen LogP contribution in [0.25, 0.3) is 11.3 Å². The van der Waals surface area contributed by atoms with Crippen molar-refractivity contribution in [2.75, 3.05) is 11.9 Å². The Kier molecular flexibility index (Phi) is 6.75. The summed E-state index contributed by atoms with van der Waals surface area (Å²) in [6.45, 7) is 0.526. The van der Waals surface area contributed by atoms with E-state index in [1.807, 2.05) is 17.5 Å². The average Bonchev–Trinajstić information content (AvgIpc) is 3.47. The van der Waals surface area contributed by atoms with Gasteiger partial charge < -0.3 is 10.6 Å². The second-order valence-electron chi connectivity index (χ2n) is 6.58. The molecule has 7 nitrogen and oxygen atoms in total. The lowest BCUT2D eigenvalue weighted by Gasteiger charge is -2.07. The molecule has 0 aliphatic carbocycles. The Morgan fingerprint density at radius 3 is 2.42 bits per heavy atom. The minimum atomic E-state index is -0.274. The van der Waals surface area contributed by atoms with Gasteiger partial charge >= 0.3 is 0 Å². The molecule has 0 aliphatic heterocycles. The van der Waals surface area contributed by atoms with Gasteiger partial charge in [0.2, 0.25) is 0 Å². The molecule has 0 atom stereocenters. The number of carbonyl (C=O) groups is 2. The predicted octanol–water partition coefficient (Wildman–Crippen LogP) is 4.28. The van der Waals surface area contributed by atoms with Crippen LogP contribution >= 0.6 is 22.7 Å². The van der Waals surface area contributed by atoms with Gasteiger partial charge in [0, 0.05) is 54.3 Å². The Labute approximate surface area is 187 Å². The zero-order valence-corrected chi connectivity index (χ0v) is 18.1. The summed E-state index contributed by atoms with van der Waals surface area (Å²) < 4.78 is 0. The molecule has 31 heavy (non-hydrogen) atoms. The number of aryl methyl sites for hydroxylation is 1. The number of nitrogens with zero attached hydrogens (tertiary/aromatic N) is 3. The first kappa shape index (κ1) is 20.8. The smallest absolute Gasteiger partial charge is 0.263 e. The maximum Gasteiger partial charge on any atom is 0.263 e. The molecule has 4 aromatic heterocycles. The van der Waals surface area contributed by atoms with Crippen LogP contribution in [-0.4, -0.2) is 33.3 Å². The quantitative estimate of drug-likeness (QED) is 0.392. The Bertz CT molecular complexity index is 1160. The standard InChI is InChI=1S/C22H19N5O2S2/c28-21(16-5-11-24-12-6-16)27-17-7-13-30-20(17)22(29)25-8-1-2-19-26-18(14-31-19)15-3-9-23-10-4-15/h3-7,9-14H,1-2,8H2,(H,25,29)(H,27,28). The van der Waals surface area contributed by atoms with Crippen LogP contribution < -0.4 is 10.6 Å². The summed E-state index contributed by atoms with van der Waals surface area (Å²) >= 11 is 2.91. The number of anilines is 1. The molecule has 0 saturated carbocycles. The van der Waals surface area contributed by atoms with Gasteiger partial charge in [0.1, 0.15) is 4.88 Å². The Morgan fingerprint density at radius 2 is 1.65 bits per heavy atom. The highest BCUT2D eigenvalue weighted by Gasteiger charge is 2.16. The average molecular weight is 450 g/mol. The highest BCUT2D eigenvalue weighted by molar-refractivity contribution is 7.12. The molecule has 0 fully saturated rings. The molecular weight excluding hydrogens is 430 g/mol. The van der Waals surface area contributed by atoms with Crippen LogP contribution in [0.5, 0.6) is 0 Å². The molecule has 0 bridgehead atoms. The minimum Gasteiger partial charge on any atom is -0.351 e. The van der Waals surface area contributed by atoms with Gasteiger partial charge in [-0.3, -0.25) is 19.6 Å². The molecule has 0 aliphatic rings. The summed E-state index contributed by atoms with van der Waals surface area (Å²) in [4.78, 5) is 38.0. The number of hydrogen-bond acceptors (Lipinski definition) is 7. The first-order chi connectivity index (χ1) is 15.2. The van der Waals surface area contributed by atoms with Gasteiger partial charge in [0.25, 0.3) is 11.8 Å². The molecule has 4 heterocycles. The van der Waals surface area contributed by atoms with E-state index in [9.17, 15) is 9.59 Å². The lowest BCUT2D eigenvalue weighted by molar-refractivity contribution is 0.0958. The Balaban J connectivity index is 1.27. The summed E-state index contributed by atoms with van der Waals surface area (Å²) in [5.74, 6) is -0.472. The Morgan fingerprint density at radius 1 is 0.903 bits per heavy atom. The van der Waals surface area contributed by atoms with E-state index in [0.29, 0.717) is 22.7 Å². The van der Waals surface area contributed by atoms with Crippen molar-refractivity contribution in [1.29, 1.82) is 0 Å². The number of hydrogen-bond donors (Lipinski definition) is 2. The van der Waals surface area contributed by atoms with Crippen LogP contribution in [0, 0.1) is 0 Å². The fourth-order valence-corrected chi connectivity index (χ4v) is 4.50. The van der Waals surface area contributed by atoms with E-state index in [0.717, 1.165) is 29.1 Å². The number of thiazole rings is 1. The highest BCUT2D eigenvalue weighted by atomic mass is 32.1. The van der Waals surface area contributed by atoms with Crippen LogP contribution in [0.3, 0.4) is 0 Å². The zero-order valence-electron chi connectivity index (χ0n) is 16.4. The second kappa shape index (κ2) is 10.1. The third kappa shape index (κ3) is 5.39. The Hall–Kier alpha value is -3.43. The fourth-order valence-electron chi connectivity index (χ4n) is 2.88. The van der Waals surface area contributed by atoms with E-state index >= 15 is 0 Å². The first-order valence-electron chi connectivity index (χ1n) is 9.62.